The van der Waals surface area contributed by atoms with Crippen LogP contribution in [0.5, 0.6) is 0 Å². The molecule has 5 N–H and O–H groups in total. The van der Waals surface area contributed by atoms with Crippen molar-refractivity contribution in [3.05, 3.63) is 11.9 Å². The second-order valence-electron chi connectivity index (χ2n) is 2.70. The summed E-state index contributed by atoms with van der Waals surface area (Å²) in [5.41, 5.74) is 11.7. The summed E-state index contributed by atoms with van der Waals surface area (Å²) in [5.74, 6) is -0.0390. The van der Waals surface area contributed by atoms with Crippen molar-refractivity contribution in [1.82, 2.24) is 5.32 Å². The smallest absolute Gasteiger partial charge is 0.146 e. The van der Waals surface area contributed by atoms with E-state index < -0.39 is 6.04 Å². The van der Waals surface area contributed by atoms with Crippen molar-refractivity contribution in [1.29, 1.82) is 0 Å². The highest BCUT2D eigenvalue weighted by Gasteiger charge is 2.08. The van der Waals surface area contributed by atoms with Crippen LogP contribution < -0.4 is 16.8 Å². The van der Waals surface area contributed by atoms with Crippen LogP contribution in [0.25, 0.3) is 0 Å². The van der Waals surface area contributed by atoms with Gasteiger partial charge in [-0.25, -0.2) is 0 Å². The van der Waals surface area contributed by atoms with Gasteiger partial charge in [0.2, 0.25) is 0 Å². The Morgan fingerprint density at radius 2 is 2.25 bits per heavy atom. The third-order valence-corrected chi connectivity index (χ3v) is 1.47. The minimum Gasteiger partial charge on any atom is -0.401 e. The minimum atomic E-state index is -0.472. The molecule has 0 aliphatic heterocycles. The molecule has 0 saturated carbocycles. The fourth-order valence-corrected chi connectivity index (χ4v) is 0.690. The monoisotopic (exact) mass is 171 g/mol. The number of Topliss-reactive ketones (excluding diaryl/α,β-unsaturated/α-hetero) is 1. The number of hydrogen-bond donors (Lipinski definition) is 3. The average Bonchev–Trinajstić information content (AvgIpc) is 2.00. The Balaban J connectivity index is 3.82. The molecule has 70 valence electrons. The van der Waals surface area contributed by atoms with Gasteiger partial charge in [-0.1, -0.05) is 0 Å². The molecule has 0 aliphatic carbocycles. The predicted molar refractivity (Wildman–Crippen MR) is 49.2 cm³/mol. The molecule has 4 nitrogen and oxygen atoms in total. The van der Waals surface area contributed by atoms with Gasteiger partial charge in [-0.15, -0.1) is 0 Å². The third-order valence-electron chi connectivity index (χ3n) is 1.47. The molecule has 0 fully saturated rings. The summed E-state index contributed by atoms with van der Waals surface area (Å²) < 4.78 is 0. The van der Waals surface area contributed by atoms with Crippen LogP contribution in [0.4, 0.5) is 0 Å². The minimum absolute atomic E-state index is 0.0390. The van der Waals surface area contributed by atoms with Crippen LogP contribution in [0.1, 0.15) is 20.3 Å². The number of carbonyl (C=O) groups excluding carboxylic acids is 1. The number of carbonyl (C=O) groups is 1. The van der Waals surface area contributed by atoms with Crippen molar-refractivity contribution in [2.24, 2.45) is 11.5 Å². The van der Waals surface area contributed by atoms with E-state index in [1.165, 1.54) is 6.92 Å². The Kier molecular flexibility index (Phi) is 5.12. The van der Waals surface area contributed by atoms with Crippen LogP contribution in [0.3, 0.4) is 0 Å². The van der Waals surface area contributed by atoms with E-state index in [1.54, 1.807) is 6.20 Å². The Morgan fingerprint density at radius 3 is 2.67 bits per heavy atom. The predicted octanol–water partition coefficient (Wildman–Crippen LogP) is -0.298. The first-order valence-electron chi connectivity index (χ1n) is 4.01. The Labute approximate surface area is 73.0 Å². The van der Waals surface area contributed by atoms with Crippen molar-refractivity contribution in [3.8, 4) is 0 Å². The molecule has 1 atom stereocenters. The van der Waals surface area contributed by atoms with E-state index in [4.69, 9.17) is 11.5 Å². The van der Waals surface area contributed by atoms with E-state index in [0.717, 1.165) is 6.54 Å². The molecule has 4 heteroatoms. The van der Waals surface area contributed by atoms with E-state index in [2.05, 4.69) is 5.32 Å². The van der Waals surface area contributed by atoms with E-state index in [9.17, 15) is 4.79 Å². The summed E-state index contributed by atoms with van der Waals surface area (Å²) >= 11 is 0. The van der Waals surface area contributed by atoms with Gasteiger partial charge in [0.15, 0.2) is 0 Å². The zero-order chi connectivity index (χ0) is 9.56. The number of nitrogens with two attached hydrogens (primary N) is 2. The molecule has 0 aliphatic rings. The molecule has 0 spiro atoms. The molecule has 0 heterocycles. The molecule has 0 unspecified atom stereocenters. The SMILES string of the molecule is CCN/C=C(\N)C[C@@H](N)C(C)=O. The van der Waals surface area contributed by atoms with Gasteiger partial charge in [0.05, 0.1) is 6.04 Å². The quantitative estimate of drug-likeness (QED) is 0.530. The van der Waals surface area contributed by atoms with Gasteiger partial charge in [0, 0.05) is 24.9 Å². The molecule has 0 rings (SSSR count). The highest BCUT2D eigenvalue weighted by Crippen LogP contribution is 1.96. The van der Waals surface area contributed by atoms with Crippen molar-refractivity contribution < 1.29 is 4.79 Å². The largest absolute Gasteiger partial charge is 0.401 e. The van der Waals surface area contributed by atoms with Crippen molar-refractivity contribution in [2.45, 2.75) is 26.3 Å². The normalized spacial score (nSPS) is 14.1. The number of rotatable bonds is 5. The highest BCUT2D eigenvalue weighted by molar-refractivity contribution is 5.81. The fraction of sp³-hybridized carbons (Fsp3) is 0.625. The van der Waals surface area contributed by atoms with Crippen LogP contribution in [-0.2, 0) is 4.79 Å². The standard InChI is InChI=1S/C8H17N3O/c1-3-11-5-7(9)4-8(10)6(2)12/h5,8,11H,3-4,9-10H2,1-2H3/b7-5-/t8-/m1/s1. The van der Waals surface area contributed by atoms with Crippen LogP contribution in [0, 0.1) is 0 Å². The lowest BCUT2D eigenvalue weighted by atomic mass is 10.1. The Hall–Kier alpha value is -1.03. The highest BCUT2D eigenvalue weighted by atomic mass is 16.1. The summed E-state index contributed by atoms with van der Waals surface area (Å²) in [6, 6.07) is -0.472. The number of ketones is 1. The fourth-order valence-electron chi connectivity index (χ4n) is 0.690. The van der Waals surface area contributed by atoms with Gasteiger partial charge < -0.3 is 16.8 Å². The molecular weight excluding hydrogens is 154 g/mol. The molecule has 0 aromatic carbocycles. The molecule has 0 radical (unpaired) electrons. The van der Waals surface area contributed by atoms with E-state index in [-0.39, 0.29) is 5.78 Å². The summed E-state index contributed by atoms with van der Waals surface area (Å²) in [6.07, 6.45) is 2.10. The lowest BCUT2D eigenvalue weighted by Crippen LogP contribution is -2.30. The Bertz CT molecular complexity index is 177. The maximum atomic E-state index is 10.7. The first-order chi connectivity index (χ1) is 5.57. The van der Waals surface area contributed by atoms with E-state index >= 15 is 0 Å². The lowest BCUT2D eigenvalue weighted by Gasteiger charge is -2.07. The average molecular weight is 171 g/mol. The van der Waals surface area contributed by atoms with Gasteiger partial charge in [-0.05, 0) is 13.8 Å². The summed E-state index contributed by atoms with van der Waals surface area (Å²) in [5, 5.41) is 2.94. The summed E-state index contributed by atoms with van der Waals surface area (Å²) in [6.45, 7) is 4.25. The zero-order valence-corrected chi connectivity index (χ0v) is 7.63. The second-order valence-corrected chi connectivity index (χ2v) is 2.70. The maximum Gasteiger partial charge on any atom is 0.146 e. The zero-order valence-electron chi connectivity index (χ0n) is 7.63. The van der Waals surface area contributed by atoms with Crippen molar-refractivity contribution in [3.63, 3.8) is 0 Å². The van der Waals surface area contributed by atoms with Crippen molar-refractivity contribution in [2.75, 3.05) is 6.54 Å². The molecule has 0 saturated heterocycles. The van der Waals surface area contributed by atoms with Gasteiger partial charge in [0.25, 0.3) is 0 Å². The van der Waals surface area contributed by atoms with Gasteiger partial charge in [0.1, 0.15) is 5.78 Å². The third kappa shape index (κ3) is 4.73. The van der Waals surface area contributed by atoms with E-state index in [0.29, 0.717) is 12.1 Å². The van der Waals surface area contributed by atoms with Crippen LogP contribution in [-0.4, -0.2) is 18.4 Å². The van der Waals surface area contributed by atoms with Crippen molar-refractivity contribution >= 4 is 5.78 Å². The topological polar surface area (TPSA) is 81.1 Å². The molecule has 0 amide bonds. The molecule has 0 aromatic rings. The van der Waals surface area contributed by atoms with Gasteiger partial charge >= 0.3 is 0 Å². The summed E-state index contributed by atoms with van der Waals surface area (Å²) in [4.78, 5) is 10.7. The van der Waals surface area contributed by atoms with Gasteiger partial charge in [-0.3, -0.25) is 4.79 Å². The molecule has 0 aromatic heterocycles. The number of hydrogen-bond acceptors (Lipinski definition) is 4. The van der Waals surface area contributed by atoms with Gasteiger partial charge in [-0.2, -0.15) is 0 Å². The van der Waals surface area contributed by atoms with E-state index in [1.807, 2.05) is 6.92 Å². The first-order valence-corrected chi connectivity index (χ1v) is 4.01. The van der Waals surface area contributed by atoms with Crippen LogP contribution in [0.15, 0.2) is 11.9 Å². The Morgan fingerprint density at radius 1 is 1.67 bits per heavy atom. The number of nitrogens with one attached hydrogen (secondary N) is 1. The van der Waals surface area contributed by atoms with Crippen LogP contribution in [0.2, 0.25) is 0 Å². The molecule has 12 heavy (non-hydrogen) atoms. The molecular formula is C8H17N3O. The first kappa shape index (κ1) is 11.0. The lowest BCUT2D eigenvalue weighted by molar-refractivity contribution is -0.118. The summed E-state index contributed by atoms with van der Waals surface area (Å²) in [7, 11) is 0. The molecule has 0 bridgehead atoms. The van der Waals surface area contributed by atoms with Crippen LogP contribution >= 0.6 is 0 Å². The maximum absolute atomic E-state index is 10.7. The second kappa shape index (κ2) is 5.60.